The van der Waals surface area contributed by atoms with Crippen LogP contribution in [0.25, 0.3) is 0 Å². The predicted octanol–water partition coefficient (Wildman–Crippen LogP) is 2.55. The Bertz CT molecular complexity index is 280. The maximum Gasteiger partial charge on any atom is 0.0500 e. The second kappa shape index (κ2) is 4.72. The van der Waals surface area contributed by atoms with Crippen LogP contribution in [0.3, 0.4) is 0 Å². The molecule has 2 N–H and O–H groups in total. The fourth-order valence-corrected chi connectivity index (χ4v) is 0.935. The van der Waals surface area contributed by atoms with Gasteiger partial charge in [-0.3, -0.25) is 4.98 Å². The van der Waals surface area contributed by atoms with Crippen LogP contribution in [0.1, 0.15) is 0 Å². The van der Waals surface area contributed by atoms with Crippen molar-refractivity contribution >= 4 is 21.6 Å². The van der Waals surface area contributed by atoms with E-state index < -0.39 is 0 Å². The first-order valence-electron chi connectivity index (χ1n) is 3.48. The normalized spacial score (nSPS) is 8.75. The summed E-state index contributed by atoms with van der Waals surface area (Å²) in [5.74, 6) is 0. The Balaban J connectivity index is 3.21. The van der Waals surface area contributed by atoms with E-state index in [1.54, 1.807) is 18.5 Å². The van der Waals surface area contributed by atoms with E-state index in [-0.39, 0.29) is 0 Å². The Morgan fingerprint density at radius 3 is 2.83 bits per heavy atom. The van der Waals surface area contributed by atoms with Crippen LogP contribution in [0.4, 0.5) is 5.69 Å². The molecule has 0 saturated heterocycles. The number of aromatic nitrogens is 1. The number of anilines is 1. The van der Waals surface area contributed by atoms with Crippen LogP contribution in [-0.4, -0.2) is 4.98 Å². The molecule has 0 atom stereocenters. The Labute approximate surface area is 79.9 Å². The maximum absolute atomic E-state index is 5.58. The van der Waals surface area contributed by atoms with Gasteiger partial charge in [0.1, 0.15) is 0 Å². The van der Waals surface area contributed by atoms with Crippen molar-refractivity contribution in [1.82, 2.24) is 4.98 Å². The van der Waals surface area contributed by atoms with Crippen molar-refractivity contribution in [2.75, 3.05) is 5.73 Å². The first kappa shape index (κ1) is 9.00. The summed E-state index contributed by atoms with van der Waals surface area (Å²) in [6.45, 7) is 0. The first-order valence-corrected chi connectivity index (χ1v) is 4.28. The van der Waals surface area contributed by atoms with Gasteiger partial charge in [0.05, 0.1) is 0 Å². The standard InChI is InChI=1S/C9H9BrN2/c10-8-3-1-2-6-12-7-9(11)5-4-8/h1-7H,11H2. The molecular formula is C9H9BrN2. The lowest BCUT2D eigenvalue weighted by Gasteiger charge is -1.84. The Hall–Kier alpha value is -1.09. The monoisotopic (exact) mass is 224 g/mol. The highest BCUT2D eigenvalue weighted by Gasteiger charge is 1.77. The number of hydrogen-bond donors (Lipinski definition) is 1. The van der Waals surface area contributed by atoms with Gasteiger partial charge in [-0.15, -0.1) is 0 Å². The van der Waals surface area contributed by atoms with Gasteiger partial charge in [-0.2, -0.15) is 0 Å². The highest BCUT2D eigenvalue weighted by Crippen LogP contribution is 2.05. The molecule has 0 bridgehead atoms. The van der Waals surface area contributed by atoms with Crippen molar-refractivity contribution in [3.05, 3.63) is 47.2 Å². The van der Waals surface area contributed by atoms with E-state index in [1.165, 1.54) is 0 Å². The minimum Gasteiger partial charge on any atom is -0.397 e. The van der Waals surface area contributed by atoms with Gasteiger partial charge >= 0.3 is 0 Å². The third-order valence-corrected chi connectivity index (χ3v) is 1.73. The summed E-state index contributed by atoms with van der Waals surface area (Å²) in [5.41, 5.74) is 6.21. The second-order valence-electron chi connectivity index (χ2n) is 2.20. The molecule has 3 heteroatoms. The quantitative estimate of drug-likeness (QED) is 0.736. The molecule has 1 aromatic heterocycles. The molecule has 62 valence electrons. The van der Waals surface area contributed by atoms with Gasteiger partial charge in [-0.25, -0.2) is 0 Å². The highest BCUT2D eigenvalue weighted by molar-refractivity contribution is 9.10. The SMILES string of the molecule is Nc1ccc(Br)ccccnc1. The largest absolute Gasteiger partial charge is 0.397 e. The van der Waals surface area contributed by atoms with E-state index in [2.05, 4.69) is 20.9 Å². The van der Waals surface area contributed by atoms with Crippen molar-refractivity contribution in [3.8, 4) is 0 Å². The van der Waals surface area contributed by atoms with Gasteiger partial charge in [0.2, 0.25) is 0 Å². The summed E-state index contributed by atoms with van der Waals surface area (Å²) in [7, 11) is 0. The fraction of sp³-hybridized carbons (Fsp3) is 0. The van der Waals surface area contributed by atoms with Crippen LogP contribution in [0.15, 0.2) is 47.2 Å². The maximum atomic E-state index is 5.58. The molecule has 1 rings (SSSR count). The van der Waals surface area contributed by atoms with E-state index >= 15 is 0 Å². The van der Waals surface area contributed by atoms with Gasteiger partial charge < -0.3 is 5.73 Å². The van der Waals surface area contributed by atoms with Crippen molar-refractivity contribution in [3.63, 3.8) is 0 Å². The third-order valence-electron chi connectivity index (χ3n) is 1.20. The summed E-state index contributed by atoms with van der Waals surface area (Å²) in [6.07, 6.45) is 3.29. The van der Waals surface area contributed by atoms with Crippen LogP contribution in [0, 0.1) is 0 Å². The Morgan fingerprint density at radius 1 is 1.17 bits per heavy atom. The highest BCUT2D eigenvalue weighted by atomic mass is 79.9. The third kappa shape index (κ3) is 3.34. The molecule has 0 aromatic carbocycles. The Kier molecular flexibility index (Phi) is 3.54. The number of halogens is 1. The number of nitrogen functional groups attached to an aromatic ring is 1. The molecule has 1 heterocycles. The van der Waals surface area contributed by atoms with Gasteiger partial charge in [0.15, 0.2) is 0 Å². The molecule has 1 aromatic rings. The van der Waals surface area contributed by atoms with Gasteiger partial charge in [0, 0.05) is 22.6 Å². The van der Waals surface area contributed by atoms with Crippen molar-refractivity contribution < 1.29 is 0 Å². The molecule has 0 amide bonds. The molecular weight excluding hydrogens is 216 g/mol. The minimum absolute atomic E-state index is 0.631. The average Bonchev–Trinajstić information content (AvgIpc) is 2.07. The fourth-order valence-electron chi connectivity index (χ4n) is 0.650. The zero-order chi connectivity index (χ0) is 8.81. The lowest BCUT2D eigenvalue weighted by Crippen LogP contribution is -1.80. The van der Waals surface area contributed by atoms with Crippen molar-refractivity contribution in [2.45, 2.75) is 0 Å². The van der Waals surface area contributed by atoms with Gasteiger partial charge in [-0.1, -0.05) is 22.0 Å². The van der Waals surface area contributed by atoms with Crippen LogP contribution in [0.5, 0.6) is 0 Å². The van der Waals surface area contributed by atoms with Crippen LogP contribution >= 0.6 is 15.9 Å². The van der Waals surface area contributed by atoms with Crippen LogP contribution in [-0.2, 0) is 0 Å². The van der Waals surface area contributed by atoms with Crippen molar-refractivity contribution in [2.24, 2.45) is 0 Å². The van der Waals surface area contributed by atoms with E-state index in [0.29, 0.717) is 5.69 Å². The summed E-state index contributed by atoms with van der Waals surface area (Å²) < 4.78 is 0.977. The van der Waals surface area contributed by atoms with Gasteiger partial charge in [0.25, 0.3) is 0 Å². The number of rotatable bonds is 0. The molecule has 0 radical (unpaired) electrons. The van der Waals surface area contributed by atoms with Crippen LogP contribution in [0.2, 0.25) is 0 Å². The Morgan fingerprint density at radius 2 is 2.00 bits per heavy atom. The first-order chi connectivity index (χ1) is 5.79. The smallest absolute Gasteiger partial charge is 0.0500 e. The summed E-state index contributed by atoms with van der Waals surface area (Å²) in [4.78, 5) is 3.94. The molecule has 0 aliphatic carbocycles. The zero-order valence-electron chi connectivity index (χ0n) is 6.44. The van der Waals surface area contributed by atoms with Gasteiger partial charge in [-0.05, 0) is 24.3 Å². The van der Waals surface area contributed by atoms with Crippen molar-refractivity contribution in [1.29, 1.82) is 0 Å². The van der Waals surface area contributed by atoms with E-state index in [4.69, 9.17) is 5.73 Å². The lowest BCUT2D eigenvalue weighted by atomic mass is 10.4. The lowest BCUT2D eigenvalue weighted by molar-refractivity contribution is 1.35. The molecule has 12 heavy (non-hydrogen) atoms. The number of nitrogens with zero attached hydrogens (tertiary/aromatic N) is 1. The van der Waals surface area contributed by atoms with E-state index in [9.17, 15) is 0 Å². The molecule has 0 fully saturated rings. The number of nitrogens with two attached hydrogens (primary N) is 1. The summed E-state index contributed by atoms with van der Waals surface area (Å²) in [5, 5.41) is 0. The second-order valence-corrected chi connectivity index (χ2v) is 3.11. The molecule has 0 aliphatic heterocycles. The number of hydrogen-bond acceptors (Lipinski definition) is 2. The topological polar surface area (TPSA) is 38.9 Å². The molecule has 0 saturated carbocycles. The minimum atomic E-state index is 0.631. The summed E-state index contributed by atoms with van der Waals surface area (Å²) >= 11 is 3.36. The average molecular weight is 225 g/mol. The van der Waals surface area contributed by atoms with Crippen LogP contribution < -0.4 is 5.73 Å². The predicted molar refractivity (Wildman–Crippen MR) is 54.0 cm³/mol. The van der Waals surface area contributed by atoms with E-state index in [0.717, 1.165) is 4.47 Å². The molecule has 2 nitrogen and oxygen atoms in total. The van der Waals surface area contributed by atoms with E-state index in [1.807, 2.05) is 24.3 Å². The summed E-state index contributed by atoms with van der Waals surface area (Å²) in [6, 6.07) is 9.31. The molecule has 0 unspecified atom stereocenters. The molecule has 0 spiro atoms. The zero-order valence-corrected chi connectivity index (χ0v) is 8.03. The molecule has 0 aliphatic rings.